The van der Waals surface area contributed by atoms with Crippen molar-refractivity contribution in [2.75, 3.05) is 11.8 Å². The van der Waals surface area contributed by atoms with Crippen LogP contribution in [-0.2, 0) is 10.2 Å². The molecule has 0 bridgehead atoms. The van der Waals surface area contributed by atoms with E-state index in [-0.39, 0.29) is 0 Å². The summed E-state index contributed by atoms with van der Waals surface area (Å²) in [6.45, 7) is 0. The van der Waals surface area contributed by atoms with Gasteiger partial charge in [0.05, 0.1) is 0 Å². The van der Waals surface area contributed by atoms with Crippen molar-refractivity contribution in [3.63, 3.8) is 0 Å². The van der Waals surface area contributed by atoms with E-state index in [1.807, 2.05) is 0 Å². The first kappa shape index (κ1) is 23.1. The van der Waals surface area contributed by atoms with E-state index in [9.17, 15) is 51.8 Å². The maximum Gasteiger partial charge on any atom is 0.460 e. The second-order valence-corrected chi connectivity index (χ2v) is 5.12. The van der Waals surface area contributed by atoms with Crippen molar-refractivity contribution in [3.8, 4) is 0 Å². The second kappa shape index (κ2) is 6.94. The number of halogens is 12. The van der Waals surface area contributed by atoms with E-state index in [4.69, 9.17) is 23.2 Å². The summed E-state index contributed by atoms with van der Waals surface area (Å²) < 4.78 is 137. The summed E-state index contributed by atoms with van der Waals surface area (Å²) in [4.78, 5) is 0. The van der Waals surface area contributed by atoms with E-state index >= 15 is 0 Å². The molecule has 0 amide bonds. The molecule has 0 heterocycles. The Morgan fingerprint density at radius 2 is 1.00 bits per heavy atom. The van der Waals surface area contributed by atoms with Crippen LogP contribution in [0.5, 0.6) is 0 Å². The zero-order valence-corrected chi connectivity index (χ0v) is 11.5. The van der Waals surface area contributed by atoms with Gasteiger partial charge in [-0.05, 0) is 0 Å². The van der Waals surface area contributed by atoms with Crippen LogP contribution in [0.15, 0.2) is 0 Å². The van der Waals surface area contributed by atoms with Crippen molar-refractivity contribution < 1.29 is 51.8 Å². The second-order valence-electron chi connectivity index (χ2n) is 2.98. The molecule has 0 aromatic heterocycles. The molecule has 21 heavy (non-hydrogen) atoms. The molecular formula is C6H4Cl2F10O2S. The molecule has 0 aliphatic carbocycles. The lowest BCUT2D eigenvalue weighted by molar-refractivity contribution is -0.382. The predicted molar refractivity (Wildman–Crippen MR) is 52.4 cm³/mol. The highest BCUT2D eigenvalue weighted by Crippen LogP contribution is 2.54. The summed E-state index contributed by atoms with van der Waals surface area (Å²) in [6.07, 6.45) is -7.19. The molecule has 0 saturated heterocycles. The minimum Gasteiger partial charge on any atom is -0.191 e. The highest BCUT2D eigenvalue weighted by atomic mass is 35.5. The summed E-state index contributed by atoms with van der Waals surface area (Å²) in [7, 11) is -7.67. The molecule has 0 aliphatic heterocycles. The van der Waals surface area contributed by atoms with Crippen molar-refractivity contribution >= 4 is 33.4 Å². The van der Waals surface area contributed by atoms with Gasteiger partial charge in [-0.2, -0.15) is 47.9 Å². The van der Waals surface area contributed by atoms with Gasteiger partial charge in [-0.1, -0.05) is 3.89 Å². The summed E-state index contributed by atoms with van der Waals surface area (Å²) in [6, 6.07) is 0. The van der Waals surface area contributed by atoms with Gasteiger partial charge in [0.1, 0.15) is 0 Å². The molecule has 0 aromatic carbocycles. The van der Waals surface area contributed by atoms with E-state index < -0.39 is 33.5 Å². The minimum absolute atomic E-state index is 0.557. The van der Waals surface area contributed by atoms with Crippen molar-refractivity contribution in [2.24, 2.45) is 0 Å². The third-order valence-corrected chi connectivity index (χ3v) is 2.93. The maximum absolute atomic E-state index is 12.1. The lowest BCUT2D eigenvalue weighted by Crippen LogP contribution is -2.62. The molecule has 0 rings (SSSR count). The van der Waals surface area contributed by atoms with Gasteiger partial charge in [-0.3, -0.25) is 0 Å². The zero-order chi connectivity index (χ0) is 17.9. The number of rotatable bonds is 4. The maximum atomic E-state index is 12.1. The molecule has 130 valence electrons. The van der Waals surface area contributed by atoms with Gasteiger partial charge in [-0.15, -0.1) is 23.2 Å². The van der Waals surface area contributed by atoms with E-state index in [0.29, 0.717) is 11.8 Å². The van der Waals surface area contributed by atoms with Crippen LogP contribution in [0, 0.1) is 0 Å². The summed E-state index contributed by atoms with van der Waals surface area (Å²) in [5, 5.41) is -7.22. The lowest BCUT2D eigenvalue weighted by atomic mass is 10.1. The fraction of sp³-hybridized carbons (Fsp3) is 1.00. The quantitative estimate of drug-likeness (QED) is 0.403. The van der Waals surface area contributed by atoms with E-state index in [2.05, 4.69) is 0 Å². The lowest BCUT2D eigenvalue weighted by Gasteiger charge is -2.31. The van der Waals surface area contributed by atoms with Crippen molar-refractivity contribution in [1.82, 2.24) is 0 Å². The molecular weight excluding hydrogens is 397 g/mol. The van der Waals surface area contributed by atoms with Gasteiger partial charge in [0.2, 0.25) is 0 Å². The van der Waals surface area contributed by atoms with E-state index in [1.54, 1.807) is 0 Å². The third kappa shape index (κ3) is 4.65. The predicted octanol–water partition coefficient (Wildman–Crippen LogP) is 4.18. The monoisotopic (exact) mass is 400 g/mol. The van der Waals surface area contributed by atoms with Crippen LogP contribution in [0.25, 0.3) is 0 Å². The zero-order valence-electron chi connectivity index (χ0n) is 9.17. The van der Waals surface area contributed by atoms with Crippen molar-refractivity contribution in [1.29, 1.82) is 0 Å². The number of hydrogen-bond donors (Lipinski definition) is 0. The van der Waals surface area contributed by atoms with Gasteiger partial charge >= 0.3 is 33.5 Å². The topological polar surface area (TPSA) is 34.1 Å². The molecule has 0 spiro atoms. The van der Waals surface area contributed by atoms with Crippen LogP contribution in [-0.4, -0.2) is 43.5 Å². The Labute approximate surface area is 121 Å². The first-order chi connectivity index (χ1) is 8.91. The summed E-state index contributed by atoms with van der Waals surface area (Å²) in [5.41, 5.74) is 0. The Kier molecular flexibility index (Phi) is 7.63. The molecule has 0 unspecified atom stereocenters. The highest BCUT2D eigenvalue weighted by molar-refractivity contribution is 7.87. The number of hydrogen-bond acceptors (Lipinski definition) is 2. The first-order valence-corrected chi connectivity index (χ1v) is 6.63. The van der Waals surface area contributed by atoms with Crippen molar-refractivity contribution in [2.45, 2.75) is 23.3 Å². The summed E-state index contributed by atoms with van der Waals surface area (Å²) >= 11 is 10.1. The van der Waals surface area contributed by atoms with E-state index in [1.165, 1.54) is 0 Å². The van der Waals surface area contributed by atoms with Crippen molar-refractivity contribution in [3.05, 3.63) is 0 Å². The Morgan fingerprint density at radius 1 is 0.714 bits per heavy atom. The van der Waals surface area contributed by atoms with Crippen LogP contribution in [0.3, 0.4) is 0 Å². The fourth-order valence-electron chi connectivity index (χ4n) is 0.514. The molecule has 0 N–H and O–H groups in total. The average molecular weight is 401 g/mol. The molecule has 0 radical (unpaired) electrons. The van der Waals surface area contributed by atoms with Gasteiger partial charge in [0, 0.05) is 11.8 Å². The Morgan fingerprint density at radius 3 is 1.14 bits per heavy atom. The normalized spacial score (nSPS) is 14.5. The van der Waals surface area contributed by atoms with Gasteiger partial charge in [0.15, 0.2) is 0 Å². The fourth-order valence-corrected chi connectivity index (χ4v) is 0.948. The highest BCUT2D eigenvalue weighted by Gasteiger charge is 2.85. The minimum atomic E-state index is -7.67. The third-order valence-electron chi connectivity index (χ3n) is 1.49. The van der Waals surface area contributed by atoms with Crippen LogP contribution < -0.4 is 0 Å². The first-order valence-electron chi connectivity index (χ1n) is 4.18. The Balaban J connectivity index is 0. The van der Waals surface area contributed by atoms with Crippen LogP contribution in [0.4, 0.5) is 43.4 Å². The largest absolute Gasteiger partial charge is 0.460 e. The molecule has 15 heteroatoms. The SMILES string of the molecule is ClCCCl.O=S(=O)(F)C(F)(F)C(F)(F)C(F)(F)C(F)(F)F. The molecule has 0 atom stereocenters. The van der Waals surface area contributed by atoms with Crippen LogP contribution >= 0.6 is 23.2 Å². The van der Waals surface area contributed by atoms with Gasteiger partial charge in [0.25, 0.3) is 0 Å². The smallest absolute Gasteiger partial charge is 0.191 e. The number of alkyl halides is 11. The van der Waals surface area contributed by atoms with Gasteiger partial charge < -0.3 is 0 Å². The molecule has 2 nitrogen and oxygen atoms in total. The summed E-state index contributed by atoms with van der Waals surface area (Å²) in [5.74, 6) is -13.8. The standard InChI is InChI=1S/C4F10O2S.C2H4Cl2/c5-1(6,3(9,10)11)2(7,8)4(12,13)17(14,15)16;3-1-2-4/h;1-2H2. The molecule has 0 fully saturated rings. The average Bonchev–Trinajstić information content (AvgIpc) is 2.25. The Bertz CT molecular complexity index is 429. The van der Waals surface area contributed by atoms with E-state index in [0.717, 1.165) is 0 Å². The van der Waals surface area contributed by atoms with Gasteiger partial charge in [-0.25, -0.2) is 0 Å². The molecule has 0 aromatic rings. The molecule has 0 aliphatic rings. The Hall–Kier alpha value is -0.170. The van der Waals surface area contributed by atoms with Crippen LogP contribution in [0.2, 0.25) is 0 Å². The van der Waals surface area contributed by atoms with Crippen LogP contribution in [0.1, 0.15) is 0 Å². The molecule has 0 saturated carbocycles.